The van der Waals surface area contributed by atoms with E-state index in [0.717, 1.165) is 12.8 Å². The molecule has 1 unspecified atom stereocenters. The molecule has 0 aromatic heterocycles. The molecule has 0 spiro atoms. The molecule has 0 aliphatic carbocycles. The van der Waals surface area contributed by atoms with Crippen LogP contribution in [0.3, 0.4) is 0 Å². The van der Waals surface area contributed by atoms with Crippen LogP contribution in [-0.2, 0) is 4.74 Å². The number of rotatable bonds is 4. The summed E-state index contributed by atoms with van der Waals surface area (Å²) in [6, 6.07) is 0. The number of ether oxygens (including phenoxy) is 1. The lowest BCUT2D eigenvalue weighted by molar-refractivity contribution is 0.149. The Morgan fingerprint density at radius 2 is 2.30 bits per heavy atom. The maximum Gasteiger partial charge on any atom is 0.404 e. The molecule has 0 aliphatic heterocycles. The minimum Gasteiger partial charge on any atom is -0.450 e. The van der Waals surface area contributed by atoms with Crippen molar-refractivity contribution >= 4 is 6.09 Å². The first-order chi connectivity index (χ1) is 4.66. The van der Waals surface area contributed by atoms with Crippen molar-refractivity contribution in [3.8, 4) is 0 Å². The van der Waals surface area contributed by atoms with Crippen LogP contribution in [-0.4, -0.2) is 12.7 Å². The Balaban J connectivity index is 3.11. The van der Waals surface area contributed by atoms with Gasteiger partial charge in [-0.15, -0.1) is 0 Å². The molecule has 0 radical (unpaired) electrons. The smallest absolute Gasteiger partial charge is 0.404 e. The first-order valence-electron chi connectivity index (χ1n) is 3.59. The van der Waals surface area contributed by atoms with Crippen LogP contribution in [0, 0.1) is 5.92 Å². The molecule has 0 aromatic rings. The third-order valence-electron chi connectivity index (χ3n) is 1.55. The second-order valence-electron chi connectivity index (χ2n) is 2.47. The maximum atomic E-state index is 10.1. The topological polar surface area (TPSA) is 52.3 Å². The van der Waals surface area contributed by atoms with Crippen molar-refractivity contribution in [2.24, 2.45) is 11.7 Å². The summed E-state index contributed by atoms with van der Waals surface area (Å²) in [5.41, 5.74) is 4.76. The molecule has 0 bridgehead atoms. The minimum atomic E-state index is -0.677. The average molecular weight is 145 g/mol. The highest BCUT2D eigenvalue weighted by Gasteiger charge is 1.99. The number of hydrogen-bond donors (Lipinski definition) is 1. The second kappa shape index (κ2) is 5.09. The van der Waals surface area contributed by atoms with Gasteiger partial charge in [0, 0.05) is 0 Å². The quantitative estimate of drug-likeness (QED) is 0.652. The Morgan fingerprint density at radius 1 is 1.70 bits per heavy atom. The molecular formula is C7H15NO2. The third kappa shape index (κ3) is 5.41. The van der Waals surface area contributed by atoms with Gasteiger partial charge >= 0.3 is 6.09 Å². The van der Waals surface area contributed by atoms with E-state index in [1.807, 2.05) is 0 Å². The van der Waals surface area contributed by atoms with E-state index in [1.165, 1.54) is 0 Å². The predicted octanol–water partition coefficient (Wildman–Crippen LogP) is 1.52. The highest BCUT2D eigenvalue weighted by Crippen LogP contribution is 2.05. The van der Waals surface area contributed by atoms with E-state index in [4.69, 9.17) is 5.73 Å². The van der Waals surface area contributed by atoms with Gasteiger partial charge in [-0.1, -0.05) is 20.3 Å². The molecule has 0 saturated heterocycles. The molecule has 3 nitrogen and oxygen atoms in total. The van der Waals surface area contributed by atoms with Crippen LogP contribution < -0.4 is 5.73 Å². The van der Waals surface area contributed by atoms with E-state index in [0.29, 0.717) is 12.5 Å². The van der Waals surface area contributed by atoms with Crippen LogP contribution in [0.1, 0.15) is 26.7 Å². The van der Waals surface area contributed by atoms with Gasteiger partial charge in [-0.3, -0.25) is 0 Å². The lowest BCUT2D eigenvalue weighted by atomic mass is 10.1. The number of nitrogens with two attached hydrogens (primary N) is 1. The molecule has 1 amide bonds. The largest absolute Gasteiger partial charge is 0.450 e. The third-order valence-corrected chi connectivity index (χ3v) is 1.55. The summed E-state index contributed by atoms with van der Waals surface area (Å²) in [6.07, 6.45) is 1.34. The molecule has 0 heterocycles. The molecule has 1 atom stereocenters. The van der Waals surface area contributed by atoms with E-state index in [2.05, 4.69) is 18.6 Å². The Labute approximate surface area is 61.5 Å². The number of amides is 1. The molecular weight excluding hydrogens is 130 g/mol. The lowest BCUT2D eigenvalue weighted by Crippen LogP contribution is -2.14. The molecule has 10 heavy (non-hydrogen) atoms. The van der Waals surface area contributed by atoms with E-state index in [1.54, 1.807) is 0 Å². The summed E-state index contributed by atoms with van der Waals surface area (Å²) >= 11 is 0. The first kappa shape index (κ1) is 9.27. The summed E-state index contributed by atoms with van der Waals surface area (Å²) in [6.45, 7) is 4.67. The van der Waals surface area contributed by atoms with E-state index in [-0.39, 0.29) is 0 Å². The van der Waals surface area contributed by atoms with Crippen molar-refractivity contribution in [3.63, 3.8) is 0 Å². The predicted molar refractivity (Wildman–Crippen MR) is 39.6 cm³/mol. The van der Waals surface area contributed by atoms with Crippen LogP contribution in [0.15, 0.2) is 0 Å². The van der Waals surface area contributed by atoms with Crippen LogP contribution >= 0.6 is 0 Å². The van der Waals surface area contributed by atoms with Crippen LogP contribution in [0.2, 0.25) is 0 Å². The van der Waals surface area contributed by atoms with Crippen molar-refractivity contribution in [3.05, 3.63) is 0 Å². The van der Waals surface area contributed by atoms with E-state index in [9.17, 15) is 4.79 Å². The van der Waals surface area contributed by atoms with Crippen molar-refractivity contribution in [2.75, 3.05) is 6.61 Å². The summed E-state index contributed by atoms with van der Waals surface area (Å²) in [5.74, 6) is 0.611. The highest BCUT2D eigenvalue weighted by molar-refractivity contribution is 5.64. The lowest BCUT2D eigenvalue weighted by Gasteiger charge is -2.06. The van der Waals surface area contributed by atoms with Gasteiger partial charge in [0.1, 0.15) is 0 Å². The number of carbonyl (C=O) groups excluding carboxylic acids is 1. The molecule has 0 aliphatic rings. The van der Waals surface area contributed by atoms with Gasteiger partial charge in [0.2, 0.25) is 0 Å². The SMILES string of the molecule is CCC(C)CCOC(N)=O. The van der Waals surface area contributed by atoms with Crippen molar-refractivity contribution in [1.29, 1.82) is 0 Å². The second-order valence-corrected chi connectivity index (χ2v) is 2.47. The van der Waals surface area contributed by atoms with E-state index >= 15 is 0 Å². The van der Waals surface area contributed by atoms with Crippen LogP contribution in [0.25, 0.3) is 0 Å². The average Bonchev–Trinajstić information content (AvgIpc) is 1.87. The summed E-state index contributed by atoms with van der Waals surface area (Å²) in [4.78, 5) is 10.1. The standard InChI is InChI=1S/C7H15NO2/c1-3-6(2)4-5-10-7(8)9/h6H,3-5H2,1-2H3,(H2,8,9). The highest BCUT2D eigenvalue weighted by atomic mass is 16.5. The zero-order chi connectivity index (χ0) is 7.98. The maximum absolute atomic E-state index is 10.1. The fraction of sp³-hybridized carbons (Fsp3) is 0.857. The Hall–Kier alpha value is -0.730. The molecule has 0 saturated carbocycles. The van der Waals surface area contributed by atoms with Crippen molar-refractivity contribution in [1.82, 2.24) is 0 Å². The number of primary amides is 1. The van der Waals surface area contributed by atoms with Gasteiger partial charge in [0.05, 0.1) is 6.61 Å². The normalized spacial score (nSPS) is 12.6. The monoisotopic (exact) mass is 145 g/mol. The Bertz CT molecular complexity index is 104. The van der Waals surface area contributed by atoms with Gasteiger partial charge in [-0.2, -0.15) is 0 Å². The molecule has 0 aromatic carbocycles. The summed E-state index contributed by atoms with van der Waals surface area (Å²) in [5, 5.41) is 0. The fourth-order valence-electron chi connectivity index (χ4n) is 0.565. The van der Waals surface area contributed by atoms with Crippen molar-refractivity contribution < 1.29 is 9.53 Å². The zero-order valence-corrected chi connectivity index (χ0v) is 6.59. The Kier molecular flexibility index (Phi) is 4.72. The van der Waals surface area contributed by atoms with Gasteiger partial charge in [-0.05, 0) is 12.3 Å². The van der Waals surface area contributed by atoms with Crippen LogP contribution in [0.4, 0.5) is 4.79 Å². The molecule has 0 fully saturated rings. The van der Waals surface area contributed by atoms with Gasteiger partial charge in [0.25, 0.3) is 0 Å². The fourth-order valence-corrected chi connectivity index (χ4v) is 0.565. The Morgan fingerprint density at radius 3 is 2.70 bits per heavy atom. The van der Waals surface area contributed by atoms with E-state index < -0.39 is 6.09 Å². The summed E-state index contributed by atoms with van der Waals surface area (Å²) in [7, 11) is 0. The first-order valence-corrected chi connectivity index (χ1v) is 3.59. The molecule has 2 N–H and O–H groups in total. The zero-order valence-electron chi connectivity index (χ0n) is 6.59. The number of carbonyl (C=O) groups is 1. The van der Waals surface area contributed by atoms with Crippen molar-refractivity contribution in [2.45, 2.75) is 26.7 Å². The van der Waals surface area contributed by atoms with Gasteiger partial charge < -0.3 is 10.5 Å². The molecule has 60 valence electrons. The van der Waals surface area contributed by atoms with Crippen LogP contribution in [0.5, 0.6) is 0 Å². The number of hydrogen-bond acceptors (Lipinski definition) is 2. The van der Waals surface area contributed by atoms with Gasteiger partial charge in [-0.25, -0.2) is 4.79 Å². The molecule has 3 heteroatoms. The minimum absolute atomic E-state index is 0.449. The summed E-state index contributed by atoms with van der Waals surface area (Å²) < 4.78 is 4.55. The van der Waals surface area contributed by atoms with Gasteiger partial charge in [0.15, 0.2) is 0 Å². The molecule has 0 rings (SSSR count).